The normalized spacial score (nSPS) is 19.0. The Morgan fingerprint density at radius 3 is 2.86 bits per heavy atom. The zero-order valence-corrected chi connectivity index (χ0v) is 12.9. The molecular weight excluding hydrogens is 260 g/mol. The largest absolute Gasteiger partial charge is 0.326 e. The van der Waals surface area contributed by atoms with Crippen LogP contribution in [0, 0.1) is 6.92 Å². The number of aromatic nitrogens is 2. The van der Waals surface area contributed by atoms with Gasteiger partial charge >= 0.3 is 0 Å². The van der Waals surface area contributed by atoms with Crippen molar-refractivity contribution in [3.05, 3.63) is 42.2 Å². The third kappa shape index (κ3) is 3.27. The summed E-state index contributed by atoms with van der Waals surface area (Å²) in [7, 11) is 0. The first kappa shape index (κ1) is 14.1. The summed E-state index contributed by atoms with van der Waals surface area (Å²) in [5.74, 6) is 0.946. The monoisotopic (exact) mass is 284 g/mol. The summed E-state index contributed by atoms with van der Waals surface area (Å²) in [6.45, 7) is 7.69. The van der Waals surface area contributed by atoms with Crippen molar-refractivity contribution in [2.75, 3.05) is 18.4 Å². The molecule has 1 aliphatic heterocycles. The Kier molecular flexibility index (Phi) is 4.25. The van der Waals surface area contributed by atoms with Gasteiger partial charge < -0.3 is 9.88 Å². The highest BCUT2D eigenvalue weighted by Crippen LogP contribution is 2.22. The Balaban J connectivity index is 1.76. The first-order valence-corrected chi connectivity index (χ1v) is 7.86. The number of benzene rings is 1. The summed E-state index contributed by atoms with van der Waals surface area (Å²) < 4.78 is 2.26. The zero-order chi connectivity index (χ0) is 14.7. The Labute approximate surface area is 126 Å². The number of aryl methyl sites for hydroxylation is 1. The minimum absolute atomic E-state index is 0.639. The fraction of sp³-hybridized carbons (Fsp3) is 0.471. The molecule has 0 bridgehead atoms. The SMILES string of the molecule is CCN1CCCC1Cn1cc(C)nc1Nc1ccccc1. The second-order valence-corrected chi connectivity index (χ2v) is 5.77. The zero-order valence-electron chi connectivity index (χ0n) is 12.9. The molecule has 0 aliphatic carbocycles. The molecule has 1 N–H and O–H groups in total. The molecule has 1 aromatic carbocycles. The lowest BCUT2D eigenvalue weighted by atomic mass is 10.2. The van der Waals surface area contributed by atoms with Crippen molar-refractivity contribution in [2.45, 2.75) is 39.3 Å². The van der Waals surface area contributed by atoms with Gasteiger partial charge in [-0.15, -0.1) is 0 Å². The van der Waals surface area contributed by atoms with Gasteiger partial charge in [0, 0.05) is 24.5 Å². The molecule has 4 nitrogen and oxygen atoms in total. The van der Waals surface area contributed by atoms with Gasteiger partial charge in [-0.25, -0.2) is 4.98 Å². The molecule has 1 fully saturated rings. The number of anilines is 2. The Morgan fingerprint density at radius 2 is 2.10 bits per heavy atom. The quantitative estimate of drug-likeness (QED) is 0.913. The van der Waals surface area contributed by atoms with Crippen LogP contribution in [-0.2, 0) is 6.54 Å². The number of likely N-dealkylation sites (N-methyl/N-ethyl adjacent to an activating group) is 1. The molecular formula is C17H24N4. The number of para-hydroxylation sites is 1. The average molecular weight is 284 g/mol. The van der Waals surface area contributed by atoms with E-state index in [1.54, 1.807) is 0 Å². The van der Waals surface area contributed by atoms with Crippen LogP contribution in [-0.4, -0.2) is 33.6 Å². The highest BCUT2D eigenvalue weighted by atomic mass is 15.2. The van der Waals surface area contributed by atoms with Crippen molar-refractivity contribution in [3.8, 4) is 0 Å². The first-order chi connectivity index (χ1) is 10.3. The van der Waals surface area contributed by atoms with Crippen LogP contribution in [0.3, 0.4) is 0 Å². The van der Waals surface area contributed by atoms with Crippen molar-refractivity contribution in [1.82, 2.24) is 14.5 Å². The van der Waals surface area contributed by atoms with Crippen LogP contribution >= 0.6 is 0 Å². The van der Waals surface area contributed by atoms with Crippen molar-refractivity contribution in [2.24, 2.45) is 0 Å². The smallest absolute Gasteiger partial charge is 0.207 e. The summed E-state index contributed by atoms with van der Waals surface area (Å²) in [5, 5.41) is 3.43. The molecule has 0 radical (unpaired) electrons. The van der Waals surface area contributed by atoms with Crippen molar-refractivity contribution < 1.29 is 0 Å². The van der Waals surface area contributed by atoms with Crippen LogP contribution in [0.15, 0.2) is 36.5 Å². The summed E-state index contributed by atoms with van der Waals surface area (Å²) in [4.78, 5) is 7.20. The Morgan fingerprint density at radius 1 is 1.29 bits per heavy atom. The molecule has 1 saturated heterocycles. The van der Waals surface area contributed by atoms with Gasteiger partial charge in [-0.05, 0) is 45.0 Å². The fourth-order valence-electron chi connectivity index (χ4n) is 3.18. The molecule has 2 heterocycles. The summed E-state index contributed by atoms with van der Waals surface area (Å²) in [6, 6.07) is 10.9. The number of nitrogens with one attached hydrogen (secondary N) is 1. The molecule has 0 saturated carbocycles. The van der Waals surface area contributed by atoms with E-state index < -0.39 is 0 Å². The molecule has 1 atom stereocenters. The number of imidazole rings is 1. The van der Waals surface area contributed by atoms with Crippen LogP contribution in [0.1, 0.15) is 25.5 Å². The number of hydrogen-bond acceptors (Lipinski definition) is 3. The number of likely N-dealkylation sites (tertiary alicyclic amines) is 1. The van der Waals surface area contributed by atoms with Gasteiger partial charge in [0.15, 0.2) is 0 Å². The number of nitrogens with zero attached hydrogens (tertiary/aromatic N) is 3. The summed E-state index contributed by atoms with van der Waals surface area (Å²) in [6.07, 6.45) is 4.75. The molecule has 1 aliphatic rings. The minimum Gasteiger partial charge on any atom is -0.326 e. The molecule has 0 spiro atoms. The summed E-state index contributed by atoms with van der Waals surface area (Å²) >= 11 is 0. The van der Waals surface area contributed by atoms with E-state index in [1.165, 1.54) is 19.4 Å². The van der Waals surface area contributed by atoms with Crippen LogP contribution in [0.4, 0.5) is 11.6 Å². The van der Waals surface area contributed by atoms with Gasteiger partial charge in [-0.2, -0.15) is 0 Å². The van der Waals surface area contributed by atoms with Crippen LogP contribution < -0.4 is 5.32 Å². The average Bonchev–Trinajstić information content (AvgIpc) is 3.07. The van der Waals surface area contributed by atoms with Crippen molar-refractivity contribution in [1.29, 1.82) is 0 Å². The van der Waals surface area contributed by atoms with E-state index in [0.717, 1.165) is 30.4 Å². The molecule has 1 aromatic heterocycles. The van der Waals surface area contributed by atoms with Gasteiger partial charge in [0.25, 0.3) is 0 Å². The van der Waals surface area contributed by atoms with Gasteiger partial charge in [0.05, 0.1) is 5.69 Å². The maximum Gasteiger partial charge on any atom is 0.207 e. The van der Waals surface area contributed by atoms with E-state index >= 15 is 0 Å². The standard InChI is InChI=1S/C17H24N4/c1-3-20-11-7-10-16(20)13-21-12-14(2)18-17(21)19-15-8-5-4-6-9-15/h4-6,8-9,12,16H,3,7,10-11,13H2,1-2H3,(H,18,19). The molecule has 1 unspecified atom stereocenters. The minimum atomic E-state index is 0.639. The summed E-state index contributed by atoms with van der Waals surface area (Å²) in [5.41, 5.74) is 2.15. The van der Waals surface area contributed by atoms with Crippen LogP contribution in [0.25, 0.3) is 0 Å². The van der Waals surface area contributed by atoms with E-state index in [-0.39, 0.29) is 0 Å². The van der Waals surface area contributed by atoms with Gasteiger partial charge in [-0.1, -0.05) is 25.1 Å². The van der Waals surface area contributed by atoms with Gasteiger partial charge in [-0.3, -0.25) is 4.90 Å². The third-order valence-electron chi connectivity index (χ3n) is 4.24. The maximum atomic E-state index is 4.63. The van der Waals surface area contributed by atoms with Crippen molar-refractivity contribution in [3.63, 3.8) is 0 Å². The van der Waals surface area contributed by atoms with E-state index in [1.807, 2.05) is 18.2 Å². The lowest BCUT2D eigenvalue weighted by molar-refractivity contribution is 0.245. The lowest BCUT2D eigenvalue weighted by Crippen LogP contribution is -2.32. The second kappa shape index (κ2) is 6.31. The predicted molar refractivity (Wildman–Crippen MR) is 87.0 cm³/mol. The first-order valence-electron chi connectivity index (χ1n) is 7.86. The van der Waals surface area contributed by atoms with E-state index in [4.69, 9.17) is 0 Å². The molecule has 3 rings (SSSR count). The maximum absolute atomic E-state index is 4.63. The topological polar surface area (TPSA) is 33.1 Å². The van der Waals surface area contributed by atoms with Crippen LogP contribution in [0.2, 0.25) is 0 Å². The van der Waals surface area contributed by atoms with E-state index in [2.05, 4.69) is 51.9 Å². The fourth-order valence-corrected chi connectivity index (χ4v) is 3.18. The Bertz CT molecular complexity index is 576. The molecule has 21 heavy (non-hydrogen) atoms. The molecule has 2 aromatic rings. The Hall–Kier alpha value is -1.81. The van der Waals surface area contributed by atoms with Crippen molar-refractivity contribution >= 4 is 11.6 Å². The van der Waals surface area contributed by atoms with E-state index in [0.29, 0.717) is 6.04 Å². The van der Waals surface area contributed by atoms with Crippen LogP contribution in [0.5, 0.6) is 0 Å². The highest BCUT2D eigenvalue weighted by Gasteiger charge is 2.24. The second-order valence-electron chi connectivity index (χ2n) is 5.77. The van der Waals surface area contributed by atoms with Gasteiger partial charge in [0.1, 0.15) is 0 Å². The molecule has 112 valence electrons. The third-order valence-corrected chi connectivity index (χ3v) is 4.24. The molecule has 0 amide bonds. The number of hydrogen-bond donors (Lipinski definition) is 1. The highest BCUT2D eigenvalue weighted by molar-refractivity contribution is 5.53. The van der Waals surface area contributed by atoms with E-state index in [9.17, 15) is 0 Å². The lowest BCUT2D eigenvalue weighted by Gasteiger charge is -2.23. The number of rotatable bonds is 5. The predicted octanol–water partition coefficient (Wildman–Crippen LogP) is 3.42. The molecule has 4 heteroatoms. The van der Waals surface area contributed by atoms with Gasteiger partial charge in [0.2, 0.25) is 5.95 Å².